The summed E-state index contributed by atoms with van der Waals surface area (Å²) in [5.74, 6) is -0.857. The van der Waals surface area contributed by atoms with Crippen LogP contribution in [0.1, 0.15) is 33.6 Å². The highest BCUT2D eigenvalue weighted by Gasteiger charge is 2.44. The van der Waals surface area contributed by atoms with Crippen molar-refractivity contribution in [2.45, 2.75) is 18.9 Å². The lowest BCUT2D eigenvalue weighted by Gasteiger charge is -2.33. The second kappa shape index (κ2) is 4.19. The van der Waals surface area contributed by atoms with Crippen LogP contribution in [-0.2, 0) is 4.79 Å². The van der Waals surface area contributed by atoms with Crippen molar-refractivity contribution in [3.05, 3.63) is 35.4 Å². The maximum Gasteiger partial charge on any atom is 0.262 e. The van der Waals surface area contributed by atoms with Crippen molar-refractivity contribution < 1.29 is 14.4 Å². The van der Waals surface area contributed by atoms with Gasteiger partial charge < -0.3 is 4.90 Å². The van der Waals surface area contributed by atoms with Gasteiger partial charge >= 0.3 is 0 Å². The third-order valence-electron chi connectivity index (χ3n) is 3.77. The number of piperidine rings is 1. The Morgan fingerprint density at radius 3 is 2.21 bits per heavy atom. The molecule has 0 radical (unpaired) electrons. The van der Waals surface area contributed by atoms with Crippen LogP contribution in [0.2, 0.25) is 0 Å². The van der Waals surface area contributed by atoms with Crippen LogP contribution in [0, 0.1) is 0 Å². The Kier molecular flexibility index (Phi) is 2.62. The molecule has 1 atom stereocenters. The average molecular weight is 258 g/mol. The first-order chi connectivity index (χ1) is 9.11. The number of nitrogens with zero attached hydrogens (tertiary/aromatic N) is 2. The van der Waals surface area contributed by atoms with Gasteiger partial charge in [-0.2, -0.15) is 0 Å². The van der Waals surface area contributed by atoms with Crippen molar-refractivity contribution in [1.82, 2.24) is 9.80 Å². The van der Waals surface area contributed by atoms with Crippen LogP contribution < -0.4 is 0 Å². The summed E-state index contributed by atoms with van der Waals surface area (Å²) >= 11 is 0. The Morgan fingerprint density at radius 2 is 1.63 bits per heavy atom. The van der Waals surface area contributed by atoms with Gasteiger partial charge in [0.15, 0.2) is 0 Å². The standard InChI is InChI=1S/C14H14N2O3/c1-15-8-4-7-11(14(15)19)16-12(17)9-5-2-3-6-10(9)13(16)18/h2-3,5-6,11H,4,7-8H2,1H3/t11-/m0/s1. The molecule has 1 aromatic rings. The molecule has 19 heavy (non-hydrogen) atoms. The maximum absolute atomic E-state index is 12.3. The number of amides is 3. The zero-order chi connectivity index (χ0) is 13.6. The third-order valence-corrected chi connectivity index (χ3v) is 3.77. The highest BCUT2D eigenvalue weighted by atomic mass is 16.2. The highest BCUT2D eigenvalue weighted by molar-refractivity contribution is 6.22. The molecule has 3 amide bonds. The number of carbonyl (C=O) groups excluding carboxylic acids is 3. The number of likely N-dealkylation sites (N-methyl/N-ethyl adjacent to an activating group) is 1. The first kappa shape index (κ1) is 11.9. The van der Waals surface area contributed by atoms with Gasteiger partial charge in [0.25, 0.3) is 11.8 Å². The molecule has 5 heteroatoms. The lowest BCUT2D eigenvalue weighted by molar-refractivity contribution is -0.136. The van der Waals surface area contributed by atoms with Gasteiger partial charge in [-0.3, -0.25) is 19.3 Å². The molecule has 1 aromatic carbocycles. The zero-order valence-electron chi connectivity index (χ0n) is 10.6. The molecule has 5 nitrogen and oxygen atoms in total. The number of hydrogen-bond donors (Lipinski definition) is 0. The Hall–Kier alpha value is -2.17. The summed E-state index contributed by atoms with van der Waals surface area (Å²) < 4.78 is 0. The van der Waals surface area contributed by atoms with Gasteiger partial charge in [0.05, 0.1) is 11.1 Å². The molecule has 1 fully saturated rings. The summed E-state index contributed by atoms with van der Waals surface area (Å²) in [5.41, 5.74) is 0.794. The molecule has 1 saturated heterocycles. The second-order valence-electron chi connectivity index (χ2n) is 4.94. The molecule has 0 aliphatic carbocycles. The van der Waals surface area contributed by atoms with Crippen molar-refractivity contribution in [2.24, 2.45) is 0 Å². The first-order valence-electron chi connectivity index (χ1n) is 6.33. The van der Waals surface area contributed by atoms with Gasteiger partial charge in [0.2, 0.25) is 5.91 Å². The average Bonchev–Trinajstić information content (AvgIpc) is 2.67. The molecule has 2 heterocycles. The van der Waals surface area contributed by atoms with Crippen molar-refractivity contribution in [1.29, 1.82) is 0 Å². The molecule has 0 N–H and O–H groups in total. The summed E-state index contributed by atoms with van der Waals surface area (Å²) in [6.45, 7) is 0.679. The largest absolute Gasteiger partial charge is 0.344 e. The summed E-state index contributed by atoms with van der Waals surface area (Å²) in [7, 11) is 1.70. The predicted molar refractivity (Wildman–Crippen MR) is 67.6 cm³/mol. The van der Waals surface area contributed by atoms with E-state index in [1.807, 2.05) is 0 Å². The number of hydrogen-bond acceptors (Lipinski definition) is 3. The van der Waals surface area contributed by atoms with Crippen LogP contribution in [0.15, 0.2) is 24.3 Å². The van der Waals surface area contributed by atoms with E-state index >= 15 is 0 Å². The molecule has 2 aliphatic heterocycles. The van der Waals surface area contributed by atoms with Gasteiger partial charge in [0, 0.05) is 13.6 Å². The van der Waals surface area contributed by atoms with Gasteiger partial charge in [-0.15, -0.1) is 0 Å². The van der Waals surface area contributed by atoms with Crippen LogP contribution in [0.25, 0.3) is 0 Å². The van der Waals surface area contributed by atoms with Crippen LogP contribution in [-0.4, -0.2) is 47.2 Å². The molecule has 0 spiro atoms. The highest BCUT2D eigenvalue weighted by Crippen LogP contribution is 2.28. The Bertz CT molecular complexity index is 547. The fourth-order valence-electron chi connectivity index (χ4n) is 2.74. The molecule has 3 rings (SSSR count). The summed E-state index contributed by atoms with van der Waals surface area (Å²) in [4.78, 5) is 39.4. The van der Waals surface area contributed by atoms with E-state index in [0.29, 0.717) is 24.1 Å². The minimum Gasteiger partial charge on any atom is -0.344 e. The van der Waals surface area contributed by atoms with E-state index in [4.69, 9.17) is 0 Å². The van der Waals surface area contributed by atoms with Crippen LogP contribution >= 0.6 is 0 Å². The van der Waals surface area contributed by atoms with E-state index in [1.165, 1.54) is 0 Å². The quantitative estimate of drug-likeness (QED) is 0.703. The molecule has 0 saturated carbocycles. The minimum absolute atomic E-state index is 0.152. The molecule has 98 valence electrons. The van der Waals surface area contributed by atoms with E-state index in [2.05, 4.69) is 0 Å². The lowest BCUT2D eigenvalue weighted by Crippen LogP contribution is -2.53. The SMILES string of the molecule is CN1CCC[C@H](N2C(=O)c3ccccc3C2=O)C1=O. The predicted octanol–water partition coefficient (Wildman–Crippen LogP) is 0.903. The molecular weight excluding hydrogens is 244 g/mol. The molecular formula is C14H14N2O3. The maximum atomic E-state index is 12.3. The Labute approximate surface area is 110 Å². The fourth-order valence-corrected chi connectivity index (χ4v) is 2.74. The Balaban J connectivity index is 1.98. The van der Waals surface area contributed by atoms with Crippen molar-refractivity contribution in [3.8, 4) is 0 Å². The summed E-state index contributed by atoms with van der Waals surface area (Å²) in [6.07, 6.45) is 1.36. The van der Waals surface area contributed by atoms with E-state index in [-0.39, 0.29) is 17.7 Å². The van der Waals surface area contributed by atoms with Gasteiger partial charge in [-0.05, 0) is 25.0 Å². The van der Waals surface area contributed by atoms with Crippen LogP contribution in [0.3, 0.4) is 0 Å². The first-order valence-corrected chi connectivity index (χ1v) is 6.33. The number of imide groups is 1. The molecule has 2 aliphatic rings. The smallest absolute Gasteiger partial charge is 0.262 e. The molecule has 0 aromatic heterocycles. The minimum atomic E-state index is -0.647. The van der Waals surface area contributed by atoms with Gasteiger partial charge in [-0.25, -0.2) is 0 Å². The van der Waals surface area contributed by atoms with Gasteiger partial charge in [0.1, 0.15) is 6.04 Å². The normalized spacial score (nSPS) is 23.0. The summed E-state index contributed by atoms with van der Waals surface area (Å²) in [6, 6.07) is 6.07. The van der Waals surface area contributed by atoms with Crippen molar-refractivity contribution >= 4 is 17.7 Å². The van der Waals surface area contributed by atoms with E-state index in [0.717, 1.165) is 11.3 Å². The van der Waals surface area contributed by atoms with Crippen LogP contribution in [0.4, 0.5) is 0 Å². The van der Waals surface area contributed by atoms with Crippen molar-refractivity contribution in [3.63, 3.8) is 0 Å². The summed E-state index contributed by atoms with van der Waals surface area (Å²) in [5, 5.41) is 0. The molecule has 0 unspecified atom stereocenters. The number of fused-ring (bicyclic) bond motifs is 1. The van der Waals surface area contributed by atoms with E-state index in [1.54, 1.807) is 36.2 Å². The fraction of sp³-hybridized carbons (Fsp3) is 0.357. The lowest BCUT2D eigenvalue weighted by atomic mass is 10.0. The van der Waals surface area contributed by atoms with Gasteiger partial charge in [-0.1, -0.05) is 12.1 Å². The monoisotopic (exact) mass is 258 g/mol. The topological polar surface area (TPSA) is 57.7 Å². The number of carbonyl (C=O) groups is 3. The third kappa shape index (κ3) is 1.65. The van der Waals surface area contributed by atoms with E-state index in [9.17, 15) is 14.4 Å². The van der Waals surface area contributed by atoms with E-state index < -0.39 is 6.04 Å². The second-order valence-corrected chi connectivity index (χ2v) is 4.94. The Morgan fingerprint density at radius 1 is 1.05 bits per heavy atom. The zero-order valence-corrected chi connectivity index (χ0v) is 10.6. The van der Waals surface area contributed by atoms with Crippen molar-refractivity contribution in [2.75, 3.05) is 13.6 Å². The number of rotatable bonds is 1. The number of likely N-dealkylation sites (tertiary alicyclic amines) is 1. The number of benzene rings is 1. The molecule has 0 bridgehead atoms. The van der Waals surface area contributed by atoms with Crippen LogP contribution in [0.5, 0.6) is 0 Å².